The van der Waals surface area contributed by atoms with Crippen molar-refractivity contribution in [2.75, 3.05) is 19.8 Å². The van der Waals surface area contributed by atoms with Gasteiger partial charge in [0.25, 0.3) is 0 Å². The second kappa shape index (κ2) is 15.4. The van der Waals surface area contributed by atoms with Crippen LogP contribution in [0.2, 0.25) is 0 Å². The Morgan fingerprint density at radius 1 is 0.955 bits per heavy atom. The molecule has 0 aromatic heterocycles. The third kappa shape index (κ3) is 13.0. The van der Waals surface area contributed by atoms with E-state index in [1.165, 1.54) is 0 Å². The summed E-state index contributed by atoms with van der Waals surface area (Å²) in [7, 11) is 0. The van der Waals surface area contributed by atoms with Gasteiger partial charge in [0.15, 0.2) is 0 Å². The van der Waals surface area contributed by atoms with Crippen LogP contribution in [0.5, 0.6) is 0 Å². The van der Waals surface area contributed by atoms with Crippen LogP contribution >= 0.6 is 0 Å². The number of aliphatic hydroxyl groups is 3. The standard InChI is InChI=1S/C9H18O3.2C3H4O2/c1-3-4-8(2)9(5-10,6-11)7-12;2*1-2-3(4)5/h4,10-12H,3,5-7H2,1-2H3;2*2H,1H2,(H,4,5). The van der Waals surface area contributed by atoms with Crippen molar-refractivity contribution in [3.8, 4) is 0 Å². The van der Waals surface area contributed by atoms with E-state index in [9.17, 15) is 9.59 Å². The molecule has 0 spiro atoms. The second-order valence-electron chi connectivity index (χ2n) is 4.13. The molecule has 0 unspecified atom stereocenters. The van der Waals surface area contributed by atoms with E-state index in [1.807, 2.05) is 19.9 Å². The molecular weight excluding hydrogens is 292 g/mol. The smallest absolute Gasteiger partial charge is 0.327 e. The first-order valence-corrected chi connectivity index (χ1v) is 6.41. The highest BCUT2D eigenvalue weighted by atomic mass is 16.4. The van der Waals surface area contributed by atoms with Crippen molar-refractivity contribution in [3.05, 3.63) is 37.0 Å². The van der Waals surface area contributed by atoms with Crippen molar-refractivity contribution in [3.63, 3.8) is 0 Å². The normalized spacial score (nSPS) is 10.3. The summed E-state index contributed by atoms with van der Waals surface area (Å²) in [6.45, 7) is 9.05. The monoisotopic (exact) mass is 318 g/mol. The molecule has 0 fully saturated rings. The van der Waals surface area contributed by atoms with Crippen LogP contribution in [-0.2, 0) is 9.59 Å². The largest absolute Gasteiger partial charge is 0.478 e. The fourth-order valence-electron chi connectivity index (χ4n) is 1.05. The molecule has 0 aliphatic heterocycles. The molecule has 0 aliphatic rings. The number of carboxylic acid groups (broad SMARTS) is 2. The highest BCUT2D eigenvalue weighted by Gasteiger charge is 2.29. The lowest BCUT2D eigenvalue weighted by Gasteiger charge is -2.28. The van der Waals surface area contributed by atoms with Gasteiger partial charge in [0.05, 0.1) is 25.2 Å². The van der Waals surface area contributed by atoms with Crippen molar-refractivity contribution in [1.82, 2.24) is 0 Å². The summed E-state index contributed by atoms with van der Waals surface area (Å²) in [5, 5.41) is 42.2. The van der Waals surface area contributed by atoms with Crippen LogP contribution in [0.4, 0.5) is 0 Å². The van der Waals surface area contributed by atoms with E-state index in [-0.39, 0.29) is 19.8 Å². The molecule has 0 aromatic rings. The van der Waals surface area contributed by atoms with E-state index >= 15 is 0 Å². The fourth-order valence-corrected chi connectivity index (χ4v) is 1.05. The highest BCUT2D eigenvalue weighted by Crippen LogP contribution is 2.25. The summed E-state index contributed by atoms with van der Waals surface area (Å²) in [5.74, 6) is -1.96. The van der Waals surface area contributed by atoms with Crippen LogP contribution in [0.3, 0.4) is 0 Å². The van der Waals surface area contributed by atoms with E-state index in [0.717, 1.165) is 24.1 Å². The van der Waals surface area contributed by atoms with Crippen LogP contribution in [0.15, 0.2) is 37.0 Å². The van der Waals surface area contributed by atoms with E-state index in [0.29, 0.717) is 0 Å². The van der Waals surface area contributed by atoms with Crippen molar-refractivity contribution in [2.24, 2.45) is 5.41 Å². The lowest BCUT2D eigenvalue weighted by atomic mass is 9.83. The van der Waals surface area contributed by atoms with Gasteiger partial charge in [-0.15, -0.1) is 0 Å². The maximum absolute atomic E-state index is 9.25. The average Bonchev–Trinajstić information content (AvgIpc) is 2.51. The fraction of sp³-hybridized carbons (Fsp3) is 0.467. The molecular formula is C15H26O7. The lowest BCUT2D eigenvalue weighted by molar-refractivity contribution is -0.132. The maximum atomic E-state index is 9.25. The molecule has 5 N–H and O–H groups in total. The molecule has 0 aliphatic carbocycles. The average molecular weight is 318 g/mol. The van der Waals surface area contributed by atoms with Crippen molar-refractivity contribution in [2.45, 2.75) is 20.3 Å². The van der Waals surface area contributed by atoms with Gasteiger partial charge in [0, 0.05) is 12.2 Å². The molecule has 0 atom stereocenters. The Morgan fingerprint density at radius 3 is 1.36 bits per heavy atom. The maximum Gasteiger partial charge on any atom is 0.327 e. The molecule has 7 nitrogen and oxygen atoms in total. The first-order chi connectivity index (χ1) is 10.2. The number of carboxylic acids is 2. The summed E-state index contributed by atoms with van der Waals surface area (Å²) >= 11 is 0. The van der Waals surface area contributed by atoms with E-state index in [4.69, 9.17) is 25.5 Å². The van der Waals surface area contributed by atoms with Crippen molar-refractivity contribution in [1.29, 1.82) is 0 Å². The molecule has 22 heavy (non-hydrogen) atoms. The molecule has 0 amide bonds. The van der Waals surface area contributed by atoms with Gasteiger partial charge < -0.3 is 25.5 Å². The third-order valence-electron chi connectivity index (χ3n) is 2.60. The molecule has 7 heteroatoms. The second-order valence-corrected chi connectivity index (χ2v) is 4.13. The number of hydrogen-bond acceptors (Lipinski definition) is 5. The minimum Gasteiger partial charge on any atom is -0.478 e. The van der Waals surface area contributed by atoms with Gasteiger partial charge in [-0.05, 0) is 13.3 Å². The minimum absolute atomic E-state index is 0.220. The molecule has 0 heterocycles. The van der Waals surface area contributed by atoms with Crippen LogP contribution < -0.4 is 0 Å². The SMILES string of the molecule is C=CC(=O)O.C=CC(=O)O.CCC=C(C)C(CO)(CO)CO. The summed E-state index contributed by atoms with van der Waals surface area (Å²) in [6, 6.07) is 0. The summed E-state index contributed by atoms with van der Waals surface area (Å²) in [4.78, 5) is 18.5. The van der Waals surface area contributed by atoms with Crippen LogP contribution in [0.25, 0.3) is 0 Å². The first-order valence-electron chi connectivity index (χ1n) is 6.41. The predicted molar refractivity (Wildman–Crippen MR) is 83.4 cm³/mol. The third-order valence-corrected chi connectivity index (χ3v) is 2.60. The topological polar surface area (TPSA) is 135 Å². The predicted octanol–water partition coefficient (Wildman–Crippen LogP) is 0.820. The molecule has 0 bridgehead atoms. The van der Waals surface area contributed by atoms with E-state index < -0.39 is 17.4 Å². The Kier molecular flexibility index (Phi) is 17.5. The Balaban J connectivity index is -0.000000298. The summed E-state index contributed by atoms with van der Waals surface area (Å²) in [5.41, 5.74) is 0.00762. The van der Waals surface area contributed by atoms with Gasteiger partial charge in [-0.1, -0.05) is 31.7 Å². The van der Waals surface area contributed by atoms with Crippen molar-refractivity contribution >= 4 is 11.9 Å². The van der Waals surface area contributed by atoms with Gasteiger partial charge in [-0.25, -0.2) is 9.59 Å². The molecule has 0 saturated carbocycles. The Morgan fingerprint density at radius 2 is 1.23 bits per heavy atom. The molecule has 0 saturated heterocycles. The quantitative estimate of drug-likeness (QED) is 0.346. The van der Waals surface area contributed by atoms with Gasteiger partial charge in [0.1, 0.15) is 0 Å². The Labute approximate surface area is 130 Å². The summed E-state index contributed by atoms with van der Waals surface area (Å²) in [6.07, 6.45) is 4.41. The zero-order valence-corrected chi connectivity index (χ0v) is 13.0. The van der Waals surface area contributed by atoms with E-state index in [2.05, 4.69) is 13.2 Å². The number of aliphatic hydroxyl groups excluding tert-OH is 3. The van der Waals surface area contributed by atoms with Gasteiger partial charge in [0.2, 0.25) is 0 Å². The van der Waals surface area contributed by atoms with Crippen LogP contribution in [-0.4, -0.2) is 57.3 Å². The first kappa shape index (κ1) is 25.0. The Hall–Kier alpha value is -1.96. The lowest BCUT2D eigenvalue weighted by Crippen LogP contribution is -2.35. The number of rotatable bonds is 7. The Bertz CT molecular complexity index is 342. The molecule has 128 valence electrons. The van der Waals surface area contributed by atoms with Crippen LogP contribution in [0, 0.1) is 5.41 Å². The number of carbonyl (C=O) groups is 2. The number of hydrogen-bond donors (Lipinski definition) is 5. The minimum atomic E-state index is -0.981. The zero-order valence-electron chi connectivity index (χ0n) is 13.0. The van der Waals surface area contributed by atoms with Gasteiger partial charge >= 0.3 is 11.9 Å². The number of allylic oxidation sites excluding steroid dienone is 1. The van der Waals surface area contributed by atoms with Gasteiger partial charge in [-0.2, -0.15) is 0 Å². The van der Waals surface area contributed by atoms with Crippen molar-refractivity contribution < 1.29 is 35.1 Å². The summed E-state index contributed by atoms with van der Waals surface area (Å²) < 4.78 is 0. The van der Waals surface area contributed by atoms with Crippen LogP contribution in [0.1, 0.15) is 20.3 Å². The molecule has 0 rings (SSSR count). The number of aliphatic carboxylic acids is 2. The van der Waals surface area contributed by atoms with E-state index in [1.54, 1.807) is 0 Å². The highest BCUT2D eigenvalue weighted by molar-refractivity contribution is 5.79. The molecule has 0 radical (unpaired) electrons. The zero-order chi connectivity index (χ0) is 18.2. The van der Waals surface area contributed by atoms with Gasteiger partial charge in [-0.3, -0.25) is 0 Å². The molecule has 0 aromatic carbocycles.